The van der Waals surface area contributed by atoms with E-state index in [9.17, 15) is 0 Å². The molecule has 0 bridgehead atoms. The average Bonchev–Trinajstić information content (AvgIpc) is 2.57. The number of anilines is 1. The fourth-order valence-corrected chi connectivity index (χ4v) is 2.63. The van der Waals surface area contributed by atoms with Gasteiger partial charge in [0.1, 0.15) is 0 Å². The molecule has 2 heterocycles. The normalized spacial score (nSPS) is 16.1. The van der Waals surface area contributed by atoms with E-state index >= 15 is 0 Å². The number of nitrogens with zero attached hydrogens (tertiary/aromatic N) is 3. The zero-order valence-electron chi connectivity index (χ0n) is 12.3. The van der Waals surface area contributed by atoms with Crippen molar-refractivity contribution in [2.75, 3.05) is 5.32 Å². The molecule has 21 heavy (non-hydrogen) atoms. The second-order valence-corrected chi connectivity index (χ2v) is 5.37. The summed E-state index contributed by atoms with van der Waals surface area (Å²) in [5.74, 6) is 0.664. The first-order valence-electron chi connectivity index (χ1n) is 7.53. The van der Waals surface area contributed by atoms with Crippen molar-refractivity contribution in [2.45, 2.75) is 38.6 Å². The fourth-order valence-electron chi connectivity index (χ4n) is 2.63. The maximum atomic E-state index is 4.57. The van der Waals surface area contributed by atoms with Crippen LogP contribution < -0.4 is 5.32 Å². The molecule has 0 aromatic carbocycles. The topological polar surface area (TPSA) is 50.7 Å². The molecule has 0 radical (unpaired) electrons. The lowest BCUT2D eigenvalue weighted by Gasteiger charge is -2.20. The van der Waals surface area contributed by atoms with Gasteiger partial charge in [-0.2, -0.15) is 0 Å². The minimum absolute atomic E-state index is 0.282. The summed E-state index contributed by atoms with van der Waals surface area (Å²) in [6, 6.07) is 8.00. The molecule has 4 heteroatoms. The number of aromatic nitrogens is 3. The van der Waals surface area contributed by atoms with Crippen LogP contribution in [0.2, 0.25) is 0 Å². The fraction of sp³-hybridized carbons (Fsp3) is 0.353. The number of allylic oxidation sites excluding steroid dienone is 1. The molecule has 0 aliphatic heterocycles. The van der Waals surface area contributed by atoms with Crippen molar-refractivity contribution in [3.63, 3.8) is 0 Å². The Hall–Kier alpha value is -2.23. The Morgan fingerprint density at radius 1 is 1.05 bits per heavy atom. The Morgan fingerprint density at radius 3 is 2.76 bits per heavy atom. The Kier molecular flexibility index (Phi) is 4.24. The van der Waals surface area contributed by atoms with E-state index < -0.39 is 0 Å². The quantitative estimate of drug-likeness (QED) is 0.864. The Labute approximate surface area is 125 Å². The number of pyridine rings is 1. The van der Waals surface area contributed by atoms with Gasteiger partial charge in [-0.05, 0) is 50.8 Å². The smallest absolute Gasteiger partial charge is 0.223 e. The number of hydrogen-bond donors (Lipinski definition) is 1. The van der Waals surface area contributed by atoms with Crippen molar-refractivity contribution in [1.82, 2.24) is 15.0 Å². The second-order valence-electron chi connectivity index (χ2n) is 5.37. The molecule has 0 saturated heterocycles. The lowest BCUT2D eigenvalue weighted by Crippen LogP contribution is -2.20. The second kappa shape index (κ2) is 6.48. The summed E-state index contributed by atoms with van der Waals surface area (Å²) in [4.78, 5) is 13.2. The minimum Gasteiger partial charge on any atom is -0.348 e. The van der Waals surface area contributed by atoms with Crippen LogP contribution in [0.15, 0.2) is 48.3 Å². The van der Waals surface area contributed by atoms with Crippen LogP contribution in [0.4, 0.5) is 5.95 Å². The van der Waals surface area contributed by atoms with Crippen molar-refractivity contribution in [1.29, 1.82) is 0 Å². The van der Waals surface area contributed by atoms with E-state index in [2.05, 4.69) is 33.3 Å². The minimum atomic E-state index is 0.282. The Bertz CT molecular complexity index is 622. The molecular formula is C17H20N4. The third-order valence-electron chi connectivity index (χ3n) is 3.81. The van der Waals surface area contributed by atoms with E-state index in [0.29, 0.717) is 5.95 Å². The van der Waals surface area contributed by atoms with Crippen molar-refractivity contribution < 1.29 is 0 Å². The molecular weight excluding hydrogens is 260 g/mol. The van der Waals surface area contributed by atoms with Gasteiger partial charge in [0, 0.05) is 18.4 Å². The molecule has 0 spiro atoms. The van der Waals surface area contributed by atoms with Gasteiger partial charge in [0.25, 0.3) is 0 Å². The third-order valence-corrected chi connectivity index (χ3v) is 3.81. The molecule has 3 rings (SSSR count). The van der Waals surface area contributed by atoms with Crippen molar-refractivity contribution in [3.05, 3.63) is 48.3 Å². The van der Waals surface area contributed by atoms with Crippen LogP contribution in [0.1, 0.15) is 32.6 Å². The van der Waals surface area contributed by atoms with Gasteiger partial charge >= 0.3 is 0 Å². The van der Waals surface area contributed by atoms with E-state index in [1.807, 2.05) is 24.3 Å². The van der Waals surface area contributed by atoms with Gasteiger partial charge in [0.2, 0.25) is 5.95 Å². The van der Waals surface area contributed by atoms with E-state index in [-0.39, 0.29) is 6.04 Å². The number of nitrogens with one attached hydrogen (secondary N) is 1. The van der Waals surface area contributed by atoms with E-state index in [4.69, 9.17) is 0 Å². The van der Waals surface area contributed by atoms with E-state index in [1.165, 1.54) is 31.3 Å². The molecule has 0 unspecified atom stereocenters. The van der Waals surface area contributed by atoms with Crippen molar-refractivity contribution in [3.8, 4) is 11.4 Å². The summed E-state index contributed by atoms with van der Waals surface area (Å²) in [5.41, 5.74) is 3.18. The Morgan fingerprint density at radius 2 is 2.00 bits per heavy atom. The maximum absolute atomic E-state index is 4.57. The predicted molar refractivity (Wildman–Crippen MR) is 84.9 cm³/mol. The van der Waals surface area contributed by atoms with Gasteiger partial charge in [-0.3, -0.25) is 4.98 Å². The van der Waals surface area contributed by atoms with E-state index in [1.54, 1.807) is 12.4 Å². The standard InChI is InChI=1S/C17H20N4/c1-13(14-7-3-2-4-8-14)20-17-19-12-10-16(21-17)15-9-5-6-11-18-15/h5-7,9-13H,2-4,8H2,1H3,(H,19,20,21)/t13-/m0/s1. The van der Waals surface area contributed by atoms with Gasteiger partial charge in [-0.15, -0.1) is 0 Å². The van der Waals surface area contributed by atoms with Gasteiger partial charge in [-0.25, -0.2) is 9.97 Å². The number of hydrogen-bond acceptors (Lipinski definition) is 4. The van der Waals surface area contributed by atoms with Gasteiger partial charge in [0.05, 0.1) is 11.4 Å². The summed E-state index contributed by atoms with van der Waals surface area (Å²) in [7, 11) is 0. The molecule has 4 nitrogen and oxygen atoms in total. The molecule has 0 saturated carbocycles. The van der Waals surface area contributed by atoms with Crippen LogP contribution in [0.25, 0.3) is 11.4 Å². The first kappa shape index (κ1) is 13.7. The van der Waals surface area contributed by atoms with Gasteiger partial charge in [-0.1, -0.05) is 17.7 Å². The molecule has 0 fully saturated rings. The Balaban J connectivity index is 1.76. The summed E-state index contributed by atoms with van der Waals surface area (Å²) < 4.78 is 0. The molecule has 1 aliphatic rings. The zero-order chi connectivity index (χ0) is 14.5. The monoisotopic (exact) mass is 280 g/mol. The highest BCUT2D eigenvalue weighted by Gasteiger charge is 2.13. The highest BCUT2D eigenvalue weighted by molar-refractivity contribution is 5.55. The van der Waals surface area contributed by atoms with Crippen molar-refractivity contribution in [2.24, 2.45) is 0 Å². The van der Waals surface area contributed by atoms with Gasteiger partial charge < -0.3 is 5.32 Å². The van der Waals surface area contributed by atoms with Crippen LogP contribution in [0, 0.1) is 0 Å². The SMILES string of the molecule is C[C@H](Nc1nccc(-c2ccccn2)n1)C1=CCCCC1. The maximum Gasteiger partial charge on any atom is 0.223 e. The molecule has 2 aromatic rings. The first-order chi connectivity index (χ1) is 10.3. The largest absolute Gasteiger partial charge is 0.348 e. The van der Waals surface area contributed by atoms with Crippen LogP contribution in [-0.4, -0.2) is 21.0 Å². The van der Waals surface area contributed by atoms with Gasteiger partial charge in [0.15, 0.2) is 0 Å². The van der Waals surface area contributed by atoms with E-state index in [0.717, 1.165) is 11.4 Å². The zero-order valence-corrected chi connectivity index (χ0v) is 12.3. The molecule has 2 aromatic heterocycles. The van der Waals surface area contributed by atoms with Crippen LogP contribution in [-0.2, 0) is 0 Å². The molecule has 0 amide bonds. The predicted octanol–water partition coefficient (Wildman–Crippen LogP) is 3.84. The molecule has 1 N–H and O–H groups in total. The average molecular weight is 280 g/mol. The summed E-state index contributed by atoms with van der Waals surface area (Å²) in [6.07, 6.45) is 10.9. The lowest BCUT2D eigenvalue weighted by molar-refractivity contribution is 0.664. The lowest BCUT2D eigenvalue weighted by atomic mass is 9.95. The number of rotatable bonds is 4. The molecule has 1 aliphatic carbocycles. The van der Waals surface area contributed by atoms with Crippen molar-refractivity contribution >= 4 is 5.95 Å². The summed E-state index contributed by atoms with van der Waals surface area (Å²) in [5, 5.41) is 3.40. The van der Waals surface area contributed by atoms with Crippen LogP contribution >= 0.6 is 0 Å². The van der Waals surface area contributed by atoms with Crippen LogP contribution in [0.3, 0.4) is 0 Å². The summed E-state index contributed by atoms with van der Waals surface area (Å²) in [6.45, 7) is 2.17. The molecule has 1 atom stereocenters. The highest BCUT2D eigenvalue weighted by atomic mass is 15.1. The first-order valence-corrected chi connectivity index (χ1v) is 7.53. The highest BCUT2D eigenvalue weighted by Crippen LogP contribution is 2.22. The van der Waals surface area contributed by atoms with Crippen LogP contribution in [0.5, 0.6) is 0 Å². The molecule has 108 valence electrons. The summed E-state index contributed by atoms with van der Waals surface area (Å²) >= 11 is 0. The third kappa shape index (κ3) is 3.45.